The van der Waals surface area contributed by atoms with Crippen LogP contribution in [0.2, 0.25) is 10.0 Å². The molecule has 2 rings (SSSR count). The highest BCUT2D eigenvalue weighted by molar-refractivity contribution is 6.35. The molecule has 0 aliphatic heterocycles. The molecule has 0 radical (unpaired) electrons. The van der Waals surface area contributed by atoms with Crippen LogP contribution < -0.4 is 4.74 Å². The van der Waals surface area contributed by atoms with Crippen LogP contribution in [-0.4, -0.2) is 22.7 Å². The zero-order valence-electron chi connectivity index (χ0n) is 11.0. The fourth-order valence-corrected chi connectivity index (χ4v) is 1.69. The van der Waals surface area contributed by atoms with Crippen LogP contribution in [0.15, 0.2) is 49.3 Å². The molecule has 0 saturated heterocycles. The maximum atomic E-state index is 10.2. The Kier molecular flexibility index (Phi) is 7.29. The molecule has 0 unspecified atom stereocenters. The Hall–Kier alpha value is -2.04. The Balaban J connectivity index is 0.000000235. The summed E-state index contributed by atoms with van der Waals surface area (Å²) in [6.45, 7) is 3.19. The van der Waals surface area contributed by atoms with Crippen LogP contribution in [-0.2, 0) is 4.79 Å². The third kappa shape index (κ3) is 6.79. The van der Waals surface area contributed by atoms with E-state index >= 15 is 0 Å². The zero-order valence-corrected chi connectivity index (χ0v) is 12.5. The zero-order chi connectivity index (χ0) is 15.7. The number of benzene rings is 1. The van der Waals surface area contributed by atoms with E-state index < -0.39 is 12.6 Å². The van der Waals surface area contributed by atoms with Gasteiger partial charge in [-0.25, -0.2) is 4.79 Å². The van der Waals surface area contributed by atoms with Gasteiger partial charge in [-0.15, -0.1) is 0 Å². The van der Waals surface area contributed by atoms with E-state index in [2.05, 4.69) is 11.6 Å². The number of carbonyl (C=O) groups is 1. The lowest BCUT2D eigenvalue weighted by atomic mass is 10.3. The van der Waals surface area contributed by atoms with Crippen LogP contribution in [0.3, 0.4) is 0 Å². The van der Waals surface area contributed by atoms with Crippen molar-refractivity contribution in [2.45, 2.75) is 0 Å². The molecule has 2 aromatic rings. The van der Waals surface area contributed by atoms with Gasteiger partial charge in [-0.1, -0.05) is 35.9 Å². The van der Waals surface area contributed by atoms with Crippen molar-refractivity contribution in [1.82, 2.24) is 4.98 Å². The largest absolute Gasteiger partial charge is 0.480 e. The van der Waals surface area contributed by atoms with E-state index in [0.717, 1.165) is 5.56 Å². The molecular weight excluding hydrogens is 313 g/mol. The van der Waals surface area contributed by atoms with Gasteiger partial charge < -0.3 is 9.84 Å². The highest BCUT2D eigenvalue weighted by Crippen LogP contribution is 2.27. The number of pyridine rings is 1. The fraction of sp³-hybridized carbons (Fsp3) is 0.0667. The highest BCUT2D eigenvalue weighted by Gasteiger charge is 2.04. The summed E-state index contributed by atoms with van der Waals surface area (Å²) in [6.07, 6.45) is 5.29. The maximum Gasteiger partial charge on any atom is 0.341 e. The van der Waals surface area contributed by atoms with Crippen molar-refractivity contribution >= 4 is 35.2 Å². The molecule has 21 heavy (non-hydrogen) atoms. The Morgan fingerprint density at radius 2 is 1.95 bits per heavy atom. The first-order valence-electron chi connectivity index (χ1n) is 5.85. The van der Waals surface area contributed by atoms with Gasteiger partial charge in [-0.2, -0.15) is 0 Å². The molecule has 0 aliphatic rings. The minimum atomic E-state index is -1.05. The van der Waals surface area contributed by atoms with Gasteiger partial charge >= 0.3 is 5.97 Å². The van der Waals surface area contributed by atoms with Gasteiger partial charge in [0.15, 0.2) is 6.61 Å². The smallest absolute Gasteiger partial charge is 0.341 e. The van der Waals surface area contributed by atoms with Crippen molar-refractivity contribution in [2.75, 3.05) is 6.61 Å². The number of aromatic nitrogens is 1. The average molecular weight is 326 g/mol. The summed E-state index contributed by atoms with van der Waals surface area (Å²) in [7, 11) is 0. The van der Waals surface area contributed by atoms with Gasteiger partial charge in [0.05, 0.1) is 5.02 Å². The molecule has 0 spiro atoms. The first-order valence-corrected chi connectivity index (χ1v) is 6.60. The van der Waals surface area contributed by atoms with Crippen molar-refractivity contribution in [3.05, 3.63) is 64.9 Å². The second-order valence-electron chi connectivity index (χ2n) is 3.74. The van der Waals surface area contributed by atoms with E-state index in [1.54, 1.807) is 24.5 Å². The Morgan fingerprint density at radius 3 is 2.43 bits per heavy atom. The standard InChI is InChI=1S/C8H6Cl2O3.C7H7N/c9-5-1-2-7(6(10)3-5)13-4-8(11)12;1-2-7-3-5-8-6-4-7/h1-3H,4H2,(H,11,12);2-6H,1H2. The van der Waals surface area contributed by atoms with Crippen LogP contribution in [0.5, 0.6) is 5.75 Å². The number of hydrogen-bond donors (Lipinski definition) is 1. The lowest BCUT2D eigenvalue weighted by Crippen LogP contribution is -2.09. The summed E-state index contributed by atoms with van der Waals surface area (Å²) in [5.41, 5.74) is 1.11. The van der Waals surface area contributed by atoms with Crippen LogP contribution in [0.1, 0.15) is 5.56 Å². The first-order chi connectivity index (χ1) is 10.0. The molecule has 6 heteroatoms. The van der Waals surface area contributed by atoms with Crippen LogP contribution in [0.4, 0.5) is 0 Å². The summed E-state index contributed by atoms with van der Waals surface area (Å²) in [5.74, 6) is -0.737. The van der Waals surface area contributed by atoms with Crippen LogP contribution in [0.25, 0.3) is 6.08 Å². The minimum Gasteiger partial charge on any atom is -0.480 e. The molecular formula is C15H13Cl2NO3. The van der Waals surface area contributed by atoms with E-state index in [-0.39, 0.29) is 0 Å². The molecule has 0 atom stereocenters. The predicted octanol–water partition coefficient (Wildman–Crippen LogP) is 4.18. The van der Waals surface area contributed by atoms with Crippen molar-refractivity contribution in [3.63, 3.8) is 0 Å². The summed E-state index contributed by atoms with van der Waals surface area (Å²) in [6, 6.07) is 8.40. The summed E-state index contributed by atoms with van der Waals surface area (Å²) in [4.78, 5) is 14.0. The second kappa shape index (κ2) is 9.00. The Bertz CT molecular complexity index is 603. The van der Waals surface area contributed by atoms with E-state index in [0.29, 0.717) is 15.8 Å². The van der Waals surface area contributed by atoms with Gasteiger partial charge in [-0.05, 0) is 35.9 Å². The van der Waals surface area contributed by atoms with Gasteiger partial charge in [0, 0.05) is 17.4 Å². The molecule has 0 saturated carbocycles. The number of aliphatic carboxylic acids is 1. The molecule has 1 aromatic carbocycles. The molecule has 1 heterocycles. The third-order valence-corrected chi connectivity index (χ3v) is 2.72. The predicted molar refractivity (Wildman–Crippen MR) is 83.9 cm³/mol. The number of nitrogens with zero attached hydrogens (tertiary/aromatic N) is 1. The highest BCUT2D eigenvalue weighted by atomic mass is 35.5. The summed E-state index contributed by atoms with van der Waals surface area (Å²) >= 11 is 11.3. The van der Waals surface area contributed by atoms with Gasteiger partial charge in [0.25, 0.3) is 0 Å². The normalized spacial score (nSPS) is 9.24. The fourth-order valence-electron chi connectivity index (χ4n) is 1.23. The molecule has 0 amide bonds. The molecule has 1 N–H and O–H groups in total. The molecule has 4 nitrogen and oxygen atoms in total. The Labute approximate surface area is 132 Å². The lowest BCUT2D eigenvalue weighted by Gasteiger charge is -2.04. The van der Waals surface area contributed by atoms with Crippen molar-refractivity contribution in [1.29, 1.82) is 0 Å². The lowest BCUT2D eigenvalue weighted by molar-refractivity contribution is -0.139. The number of halogens is 2. The maximum absolute atomic E-state index is 10.2. The molecule has 0 bridgehead atoms. The summed E-state index contributed by atoms with van der Waals surface area (Å²) < 4.78 is 4.86. The summed E-state index contributed by atoms with van der Waals surface area (Å²) in [5, 5.41) is 9.11. The first kappa shape index (κ1) is 17.0. The van der Waals surface area contributed by atoms with Gasteiger partial charge in [0.1, 0.15) is 5.75 Å². The van der Waals surface area contributed by atoms with Crippen molar-refractivity contribution in [3.8, 4) is 5.75 Å². The molecule has 0 aliphatic carbocycles. The quantitative estimate of drug-likeness (QED) is 0.915. The SMILES string of the molecule is C=Cc1ccncc1.O=C(O)COc1ccc(Cl)cc1Cl. The number of rotatable bonds is 4. The minimum absolute atomic E-state index is 0.300. The van der Waals surface area contributed by atoms with Crippen LogP contribution in [0, 0.1) is 0 Å². The van der Waals surface area contributed by atoms with E-state index in [4.69, 9.17) is 33.0 Å². The monoisotopic (exact) mass is 325 g/mol. The topological polar surface area (TPSA) is 59.4 Å². The van der Waals surface area contributed by atoms with Gasteiger partial charge in [-0.3, -0.25) is 4.98 Å². The number of carboxylic acids is 1. The molecule has 1 aromatic heterocycles. The van der Waals surface area contributed by atoms with E-state index in [1.165, 1.54) is 12.1 Å². The average Bonchev–Trinajstić information content (AvgIpc) is 2.47. The van der Waals surface area contributed by atoms with E-state index in [1.807, 2.05) is 12.1 Å². The van der Waals surface area contributed by atoms with E-state index in [9.17, 15) is 4.79 Å². The molecule has 110 valence electrons. The van der Waals surface area contributed by atoms with Gasteiger partial charge in [0.2, 0.25) is 0 Å². The van der Waals surface area contributed by atoms with Crippen LogP contribution >= 0.6 is 23.2 Å². The number of hydrogen-bond acceptors (Lipinski definition) is 3. The van der Waals surface area contributed by atoms with Crippen molar-refractivity contribution in [2.24, 2.45) is 0 Å². The molecule has 0 fully saturated rings. The second-order valence-corrected chi connectivity index (χ2v) is 4.59. The third-order valence-electron chi connectivity index (χ3n) is 2.19. The number of ether oxygens (including phenoxy) is 1. The number of carboxylic acid groups (broad SMARTS) is 1. The van der Waals surface area contributed by atoms with Crippen molar-refractivity contribution < 1.29 is 14.6 Å². The Morgan fingerprint density at radius 1 is 1.29 bits per heavy atom.